The quantitative estimate of drug-likeness (QED) is 0.798. The third kappa shape index (κ3) is 4.54. The molecule has 1 aromatic carbocycles. The minimum atomic E-state index is -0.418. The molecule has 2 N–H and O–H groups in total. The van der Waals surface area contributed by atoms with Gasteiger partial charge < -0.3 is 15.5 Å². The third-order valence-electron chi connectivity index (χ3n) is 3.33. The van der Waals surface area contributed by atoms with E-state index in [2.05, 4.69) is 31.5 Å². The first-order valence-corrected chi connectivity index (χ1v) is 7.62. The van der Waals surface area contributed by atoms with Crippen molar-refractivity contribution >= 4 is 21.8 Å². The summed E-state index contributed by atoms with van der Waals surface area (Å²) in [5.41, 5.74) is 0.355. The summed E-state index contributed by atoms with van der Waals surface area (Å²) in [6.45, 7) is 5.78. The Hall–Kier alpha value is -0.980. The van der Waals surface area contributed by atoms with Gasteiger partial charge in [-0.25, -0.2) is 4.39 Å². The van der Waals surface area contributed by atoms with Crippen molar-refractivity contribution in [2.75, 3.05) is 39.3 Å². The summed E-state index contributed by atoms with van der Waals surface area (Å²) in [7, 11) is 0. The average molecular weight is 344 g/mol. The predicted octanol–water partition coefficient (Wildman–Crippen LogP) is 1.61. The van der Waals surface area contributed by atoms with Crippen LogP contribution in [-0.4, -0.2) is 50.1 Å². The van der Waals surface area contributed by atoms with Gasteiger partial charge in [0.15, 0.2) is 0 Å². The molecule has 1 aromatic rings. The van der Waals surface area contributed by atoms with Gasteiger partial charge in [0.2, 0.25) is 0 Å². The van der Waals surface area contributed by atoms with Gasteiger partial charge >= 0.3 is 0 Å². The van der Waals surface area contributed by atoms with Crippen molar-refractivity contribution in [3.63, 3.8) is 0 Å². The number of rotatable bonds is 5. The molecule has 0 aromatic heterocycles. The fraction of sp³-hybridized carbons (Fsp3) is 0.500. The van der Waals surface area contributed by atoms with Crippen molar-refractivity contribution in [1.82, 2.24) is 15.5 Å². The van der Waals surface area contributed by atoms with Crippen LogP contribution < -0.4 is 10.6 Å². The highest BCUT2D eigenvalue weighted by molar-refractivity contribution is 9.10. The van der Waals surface area contributed by atoms with Crippen molar-refractivity contribution < 1.29 is 9.18 Å². The molecule has 0 atom stereocenters. The van der Waals surface area contributed by atoms with E-state index in [0.717, 1.165) is 39.1 Å². The molecule has 6 heteroatoms. The summed E-state index contributed by atoms with van der Waals surface area (Å²) in [5, 5.41) is 6.13. The molecule has 0 aliphatic carbocycles. The fourth-order valence-electron chi connectivity index (χ4n) is 2.18. The highest BCUT2D eigenvalue weighted by Gasteiger charge is 2.10. The number of amides is 1. The van der Waals surface area contributed by atoms with E-state index in [1.165, 1.54) is 6.07 Å². The minimum absolute atomic E-state index is 0.225. The highest BCUT2D eigenvalue weighted by atomic mass is 79.9. The van der Waals surface area contributed by atoms with E-state index in [4.69, 9.17) is 0 Å². The number of piperazine rings is 1. The van der Waals surface area contributed by atoms with Crippen LogP contribution >= 0.6 is 15.9 Å². The average Bonchev–Trinajstić information content (AvgIpc) is 2.47. The molecule has 1 amide bonds. The molecule has 1 fully saturated rings. The molecule has 1 heterocycles. The molecule has 0 spiro atoms. The van der Waals surface area contributed by atoms with Gasteiger partial charge in [0.25, 0.3) is 5.91 Å². The van der Waals surface area contributed by atoms with Crippen LogP contribution in [0.25, 0.3) is 0 Å². The largest absolute Gasteiger partial charge is 0.352 e. The Balaban J connectivity index is 1.70. The van der Waals surface area contributed by atoms with Gasteiger partial charge in [-0.15, -0.1) is 0 Å². The van der Waals surface area contributed by atoms with Crippen LogP contribution in [0.5, 0.6) is 0 Å². The van der Waals surface area contributed by atoms with Crippen molar-refractivity contribution in [2.24, 2.45) is 0 Å². The molecule has 1 aliphatic rings. The van der Waals surface area contributed by atoms with E-state index in [9.17, 15) is 9.18 Å². The normalized spacial score (nSPS) is 16.1. The van der Waals surface area contributed by atoms with E-state index >= 15 is 0 Å². The zero-order valence-corrected chi connectivity index (χ0v) is 12.9. The van der Waals surface area contributed by atoms with Gasteiger partial charge in [-0.3, -0.25) is 4.79 Å². The Bertz CT molecular complexity index is 464. The van der Waals surface area contributed by atoms with E-state index < -0.39 is 5.82 Å². The number of benzene rings is 1. The number of nitrogens with one attached hydrogen (secondary N) is 2. The second-order valence-electron chi connectivity index (χ2n) is 4.83. The Morgan fingerprint density at radius 2 is 2.15 bits per heavy atom. The first-order valence-electron chi connectivity index (χ1n) is 6.83. The van der Waals surface area contributed by atoms with E-state index in [1.807, 2.05) is 0 Å². The second-order valence-corrected chi connectivity index (χ2v) is 5.68. The molecule has 110 valence electrons. The number of hydrogen-bond acceptors (Lipinski definition) is 3. The molecule has 2 rings (SSSR count). The number of nitrogens with zero attached hydrogens (tertiary/aromatic N) is 1. The zero-order chi connectivity index (χ0) is 14.4. The summed E-state index contributed by atoms with van der Waals surface area (Å²) in [5.74, 6) is -0.643. The first kappa shape index (κ1) is 15.4. The molecule has 1 aliphatic heterocycles. The van der Waals surface area contributed by atoms with Gasteiger partial charge in [-0.05, 0) is 47.1 Å². The summed E-state index contributed by atoms with van der Waals surface area (Å²) < 4.78 is 13.7. The molecule has 4 nitrogen and oxygen atoms in total. The zero-order valence-electron chi connectivity index (χ0n) is 11.3. The molecule has 0 saturated carbocycles. The monoisotopic (exact) mass is 343 g/mol. The van der Waals surface area contributed by atoms with Crippen LogP contribution in [-0.2, 0) is 0 Å². The summed E-state index contributed by atoms with van der Waals surface area (Å²) in [6, 6.07) is 4.40. The lowest BCUT2D eigenvalue weighted by atomic mass is 10.2. The Morgan fingerprint density at radius 3 is 2.85 bits per heavy atom. The topological polar surface area (TPSA) is 44.4 Å². The van der Waals surface area contributed by atoms with Gasteiger partial charge in [0.1, 0.15) is 5.82 Å². The van der Waals surface area contributed by atoms with Crippen molar-refractivity contribution in [1.29, 1.82) is 0 Å². The summed E-state index contributed by atoms with van der Waals surface area (Å²) in [6.07, 6.45) is 0.907. The SMILES string of the molecule is O=C(NCCCN1CCNCC1)c1ccc(Br)c(F)c1. The molecule has 0 bridgehead atoms. The van der Waals surface area contributed by atoms with Crippen molar-refractivity contribution in [3.05, 3.63) is 34.1 Å². The van der Waals surface area contributed by atoms with Crippen LogP contribution in [0.1, 0.15) is 16.8 Å². The van der Waals surface area contributed by atoms with E-state index in [0.29, 0.717) is 16.6 Å². The third-order valence-corrected chi connectivity index (χ3v) is 3.97. The number of halogens is 2. The van der Waals surface area contributed by atoms with E-state index in [1.54, 1.807) is 12.1 Å². The maximum atomic E-state index is 13.3. The van der Waals surface area contributed by atoms with E-state index in [-0.39, 0.29) is 5.91 Å². The van der Waals surface area contributed by atoms with Crippen LogP contribution in [0, 0.1) is 5.82 Å². The fourth-order valence-corrected chi connectivity index (χ4v) is 2.43. The molecule has 0 unspecified atom stereocenters. The van der Waals surface area contributed by atoms with Crippen molar-refractivity contribution in [3.8, 4) is 0 Å². The summed E-state index contributed by atoms with van der Waals surface area (Å²) >= 11 is 3.07. The lowest BCUT2D eigenvalue weighted by molar-refractivity contribution is 0.0951. The minimum Gasteiger partial charge on any atom is -0.352 e. The molecule has 1 saturated heterocycles. The number of carbonyl (C=O) groups is 1. The van der Waals surface area contributed by atoms with Crippen molar-refractivity contribution in [2.45, 2.75) is 6.42 Å². The lowest BCUT2D eigenvalue weighted by Gasteiger charge is -2.27. The first-order chi connectivity index (χ1) is 9.66. The maximum absolute atomic E-state index is 13.3. The van der Waals surface area contributed by atoms with Gasteiger partial charge in [-0.2, -0.15) is 0 Å². The number of hydrogen-bond donors (Lipinski definition) is 2. The summed E-state index contributed by atoms with van der Waals surface area (Å²) in [4.78, 5) is 14.2. The molecular weight excluding hydrogens is 325 g/mol. The van der Waals surface area contributed by atoms with Gasteiger partial charge in [0.05, 0.1) is 4.47 Å². The van der Waals surface area contributed by atoms with Gasteiger partial charge in [-0.1, -0.05) is 0 Å². The Morgan fingerprint density at radius 1 is 1.40 bits per heavy atom. The smallest absolute Gasteiger partial charge is 0.251 e. The lowest BCUT2D eigenvalue weighted by Crippen LogP contribution is -2.44. The second kappa shape index (κ2) is 7.71. The van der Waals surface area contributed by atoms with Crippen LogP contribution in [0.3, 0.4) is 0 Å². The predicted molar refractivity (Wildman–Crippen MR) is 80.4 cm³/mol. The highest BCUT2D eigenvalue weighted by Crippen LogP contribution is 2.16. The Kier molecular flexibility index (Phi) is 5.94. The Labute approximate surface area is 126 Å². The van der Waals surface area contributed by atoms with Gasteiger partial charge in [0, 0.05) is 38.3 Å². The van der Waals surface area contributed by atoms with Crippen LogP contribution in [0.2, 0.25) is 0 Å². The molecule has 20 heavy (non-hydrogen) atoms. The molecule has 0 radical (unpaired) electrons. The van der Waals surface area contributed by atoms with Crippen LogP contribution in [0.15, 0.2) is 22.7 Å². The molecular formula is C14H19BrFN3O. The standard InChI is InChI=1S/C14H19BrFN3O/c15-12-3-2-11(10-13(12)16)14(20)18-4-1-7-19-8-5-17-6-9-19/h2-3,10,17H,1,4-9H2,(H,18,20). The van der Waals surface area contributed by atoms with Crippen LogP contribution in [0.4, 0.5) is 4.39 Å². The maximum Gasteiger partial charge on any atom is 0.251 e. The number of carbonyl (C=O) groups excluding carboxylic acids is 1.